The van der Waals surface area contributed by atoms with Crippen molar-refractivity contribution < 1.29 is 19.1 Å². The molecule has 1 saturated heterocycles. The van der Waals surface area contributed by atoms with Gasteiger partial charge in [0.2, 0.25) is 0 Å². The van der Waals surface area contributed by atoms with Crippen LogP contribution in [0.5, 0.6) is 5.75 Å². The van der Waals surface area contributed by atoms with E-state index in [2.05, 4.69) is 5.32 Å². The fraction of sp³-hybridized carbons (Fsp3) is 0.0870. The molecule has 3 aromatic carbocycles. The van der Waals surface area contributed by atoms with Crippen molar-refractivity contribution in [1.82, 2.24) is 5.32 Å². The van der Waals surface area contributed by atoms with Crippen LogP contribution in [0.1, 0.15) is 11.1 Å². The lowest BCUT2D eigenvalue weighted by atomic mass is 10.00. The Balaban J connectivity index is 1.85. The number of carbonyl (C=O) groups is 3. The lowest BCUT2D eigenvalue weighted by Gasteiger charge is -2.27. The third kappa shape index (κ3) is 3.21. The number of hydrogen-bond donors (Lipinski definition) is 1. The van der Waals surface area contributed by atoms with Crippen LogP contribution in [0.15, 0.2) is 60.2 Å². The number of nitrogens with zero attached hydrogens (tertiary/aromatic N) is 1. The van der Waals surface area contributed by atoms with Gasteiger partial charge in [-0.3, -0.25) is 14.9 Å². The molecule has 0 aliphatic carbocycles. The second-order valence-electron chi connectivity index (χ2n) is 6.74. The first kappa shape index (κ1) is 19.7. The summed E-state index contributed by atoms with van der Waals surface area (Å²) in [6.07, 6.45) is 1.48. The fourth-order valence-corrected chi connectivity index (χ4v) is 3.64. The van der Waals surface area contributed by atoms with E-state index in [-0.39, 0.29) is 5.57 Å². The van der Waals surface area contributed by atoms with E-state index in [1.165, 1.54) is 6.08 Å². The Kier molecular flexibility index (Phi) is 5.01. The van der Waals surface area contributed by atoms with Crippen LogP contribution < -0.4 is 15.0 Å². The number of barbiturate groups is 1. The van der Waals surface area contributed by atoms with Crippen LogP contribution in [0.2, 0.25) is 5.02 Å². The van der Waals surface area contributed by atoms with Gasteiger partial charge in [0, 0.05) is 10.4 Å². The minimum absolute atomic E-state index is 0.149. The minimum atomic E-state index is -0.813. The molecule has 1 aliphatic rings. The largest absolute Gasteiger partial charge is 0.496 e. The summed E-state index contributed by atoms with van der Waals surface area (Å²) in [5.74, 6) is -0.784. The number of rotatable bonds is 3. The van der Waals surface area contributed by atoms with Crippen LogP contribution >= 0.6 is 11.6 Å². The third-order valence-corrected chi connectivity index (χ3v) is 5.43. The smallest absolute Gasteiger partial charge is 0.335 e. The van der Waals surface area contributed by atoms with Gasteiger partial charge in [-0.1, -0.05) is 48.0 Å². The van der Waals surface area contributed by atoms with Crippen molar-refractivity contribution in [1.29, 1.82) is 0 Å². The Bertz CT molecular complexity index is 1250. The van der Waals surface area contributed by atoms with Crippen molar-refractivity contribution in [3.8, 4) is 5.75 Å². The summed E-state index contributed by atoms with van der Waals surface area (Å²) in [7, 11) is 1.58. The average Bonchev–Trinajstić information content (AvgIpc) is 2.74. The summed E-state index contributed by atoms with van der Waals surface area (Å²) in [4.78, 5) is 39.1. The van der Waals surface area contributed by atoms with Crippen LogP contribution in [0, 0.1) is 6.92 Å². The molecule has 0 radical (unpaired) electrons. The van der Waals surface area contributed by atoms with Crippen molar-refractivity contribution in [3.63, 3.8) is 0 Å². The molecule has 1 aliphatic heterocycles. The Hall–Kier alpha value is -3.64. The molecule has 1 fully saturated rings. The molecule has 1 N–H and O–H groups in total. The molecule has 0 saturated carbocycles. The molecule has 7 heteroatoms. The van der Waals surface area contributed by atoms with E-state index in [1.807, 2.05) is 24.3 Å². The van der Waals surface area contributed by atoms with Crippen molar-refractivity contribution in [2.45, 2.75) is 6.92 Å². The minimum Gasteiger partial charge on any atom is -0.496 e. The van der Waals surface area contributed by atoms with Crippen LogP contribution in [-0.4, -0.2) is 25.0 Å². The van der Waals surface area contributed by atoms with Crippen molar-refractivity contribution in [2.75, 3.05) is 12.0 Å². The van der Waals surface area contributed by atoms with Gasteiger partial charge >= 0.3 is 6.03 Å². The lowest BCUT2D eigenvalue weighted by Crippen LogP contribution is -2.54. The number of anilines is 1. The summed E-state index contributed by atoms with van der Waals surface area (Å²) < 4.78 is 5.40. The highest BCUT2D eigenvalue weighted by atomic mass is 35.5. The number of urea groups is 1. The Morgan fingerprint density at radius 2 is 1.70 bits per heavy atom. The number of nitrogens with one attached hydrogen (secondary N) is 1. The van der Waals surface area contributed by atoms with Crippen molar-refractivity contribution >= 4 is 52.0 Å². The third-order valence-electron chi connectivity index (χ3n) is 5.02. The zero-order valence-corrected chi connectivity index (χ0v) is 17.0. The molecule has 3 aromatic rings. The molecule has 0 unspecified atom stereocenters. The predicted molar refractivity (Wildman–Crippen MR) is 116 cm³/mol. The van der Waals surface area contributed by atoms with Crippen LogP contribution in [-0.2, 0) is 9.59 Å². The quantitative estimate of drug-likeness (QED) is 0.500. The number of imide groups is 2. The van der Waals surface area contributed by atoms with Gasteiger partial charge in [0.05, 0.1) is 12.8 Å². The van der Waals surface area contributed by atoms with Crippen molar-refractivity contribution in [3.05, 3.63) is 76.3 Å². The molecule has 0 aromatic heterocycles. The number of benzene rings is 3. The second-order valence-corrected chi connectivity index (χ2v) is 7.15. The first-order chi connectivity index (χ1) is 14.4. The summed E-state index contributed by atoms with van der Waals surface area (Å²) in [6.45, 7) is 1.70. The topological polar surface area (TPSA) is 75.7 Å². The van der Waals surface area contributed by atoms with Crippen LogP contribution in [0.3, 0.4) is 0 Å². The van der Waals surface area contributed by atoms with E-state index in [9.17, 15) is 14.4 Å². The molecule has 6 nitrogen and oxygen atoms in total. The first-order valence-electron chi connectivity index (χ1n) is 9.14. The van der Waals surface area contributed by atoms with E-state index in [0.717, 1.165) is 15.7 Å². The summed E-state index contributed by atoms with van der Waals surface area (Å²) in [5.41, 5.74) is 1.39. The first-order valence-corrected chi connectivity index (χ1v) is 9.52. The molecular formula is C23H17ClN2O4. The number of amides is 4. The highest BCUT2D eigenvalue weighted by Gasteiger charge is 2.37. The van der Waals surface area contributed by atoms with E-state index in [0.29, 0.717) is 27.6 Å². The van der Waals surface area contributed by atoms with Gasteiger partial charge in [0.15, 0.2) is 0 Å². The summed E-state index contributed by atoms with van der Waals surface area (Å²) >= 11 is 6.15. The number of ether oxygens (including phenoxy) is 1. The standard InChI is InChI=1S/C23H17ClN2O4/c1-13-18(24)8-5-9-19(13)26-22(28)17(21(27)25-23(26)29)12-14-10-11-20(30-2)16-7-4-3-6-15(14)16/h3-12H,1-2H3,(H,25,27,29)/b17-12+. The molecule has 0 bridgehead atoms. The van der Waals surface area contributed by atoms with E-state index in [1.54, 1.807) is 44.4 Å². The molecule has 0 spiro atoms. The molecule has 4 amide bonds. The van der Waals surface area contributed by atoms with E-state index in [4.69, 9.17) is 16.3 Å². The molecule has 4 rings (SSSR count). The van der Waals surface area contributed by atoms with Gasteiger partial charge in [0.25, 0.3) is 11.8 Å². The normalized spacial score (nSPS) is 15.6. The van der Waals surface area contributed by atoms with E-state index >= 15 is 0 Å². The average molecular weight is 421 g/mol. The molecule has 150 valence electrons. The number of methoxy groups -OCH3 is 1. The number of fused-ring (bicyclic) bond motifs is 1. The highest BCUT2D eigenvalue weighted by Crippen LogP contribution is 2.32. The number of halogens is 1. The summed E-state index contributed by atoms with van der Waals surface area (Å²) in [5, 5.41) is 4.31. The highest BCUT2D eigenvalue weighted by molar-refractivity contribution is 6.40. The monoisotopic (exact) mass is 420 g/mol. The molecule has 1 heterocycles. The number of carbonyl (C=O) groups excluding carboxylic acids is 3. The molecular weight excluding hydrogens is 404 g/mol. The number of hydrogen-bond acceptors (Lipinski definition) is 4. The Morgan fingerprint density at radius 3 is 2.43 bits per heavy atom. The molecule has 0 atom stereocenters. The van der Waals surface area contributed by atoms with Crippen molar-refractivity contribution in [2.24, 2.45) is 0 Å². The van der Waals surface area contributed by atoms with Gasteiger partial charge in [0.1, 0.15) is 11.3 Å². The summed E-state index contributed by atoms with van der Waals surface area (Å²) in [6, 6.07) is 15.1. The maximum atomic E-state index is 13.2. The van der Waals surface area contributed by atoms with E-state index < -0.39 is 17.8 Å². The lowest BCUT2D eigenvalue weighted by molar-refractivity contribution is -0.122. The SMILES string of the molecule is COc1ccc(/C=C2\C(=O)NC(=O)N(c3cccc(Cl)c3C)C2=O)c2ccccc12. The van der Waals surface area contributed by atoms with Gasteiger partial charge in [-0.2, -0.15) is 0 Å². The van der Waals surface area contributed by atoms with Gasteiger partial charge in [-0.05, 0) is 47.7 Å². The predicted octanol–water partition coefficient (Wildman–Crippen LogP) is 4.48. The maximum absolute atomic E-state index is 13.2. The zero-order valence-electron chi connectivity index (χ0n) is 16.2. The van der Waals surface area contributed by atoms with Crippen LogP contribution in [0.25, 0.3) is 16.8 Å². The second kappa shape index (κ2) is 7.65. The molecule has 30 heavy (non-hydrogen) atoms. The Labute approximate surface area is 177 Å². The fourth-order valence-electron chi connectivity index (χ4n) is 3.47. The van der Waals surface area contributed by atoms with Crippen LogP contribution in [0.4, 0.5) is 10.5 Å². The maximum Gasteiger partial charge on any atom is 0.335 e. The zero-order chi connectivity index (χ0) is 21.4. The van der Waals surface area contributed by atoms with Gasteiger partial charge in [-0.25, -0.2) is 9.69 Å². The van der Waals surface area contributed by atoms with Gasteiger partial charge < -0.3 is 4.74 Å². The van der Waals surface area contributed by atoms with Gasteiger partial charge in [-0.15, -0.1) is 0 Å². The Morgan fingerprint density at radius 1 is 0.967 bits per heavy atom.